The Balaban J connectivity index is 2.23. The fourth-order valence-electron chi connectivity index (χ4n) is 2.20. The number of hydrogen-bond acceptors (Lipinski definition) is 3. The van der Waals surface area contributed by atoms with Gasteiger partial charge in [-0.1, -0.05) is 17.5 Å². The van der Waals surface area contributed by atoms with Gasteiger partial charge in [-0.3, -0.25) is 4.79 Å². The Morgan fingerprint density at radius 1 is 1.36 bits per heavy atom. The third kappa shape index (κ3) is 2.61. The third-order valence-corrected chi connectivity index (χ3v) is 3.71. The maximum atomic E-state index is 13.8. The van der Waals surface area contributed by atoms with Crippen molar-refractivity contribution in [1.29, 1.82) is 0 Å². The summed E-state index contributed by atoms with van der Waals surface area (Å²) < 4.78 is 46.1. The molecule has 1 saturated carbocycles. The molecule has 1 unspecified atom stereocenters. The quantitative estimate of drug-likeness (QED) is 0.585. The molecule has 1 aromatic carbocycles. The van der Waals surface area contributed by atoms with Crippen LogP contribution in [0.1, 0.15) is 18.4 Å². The van der Waals surface area contributed by atoms with E-state index in [9.17, 15) is 18.0 Å². The summed E-state index contributed by atoms with van der Waals surface area (Å²) in [6.45, 7) is -0.364. The van der Waals surface area contributed by atoms with E-state index in [4.69, 9.17) is 16.3 Å². The lowest BCUT2D eigenvalue weighted by atomic mass is 9.91. The molecule has 1 atom stereocenters. The van der Waals surface area contributed by atoms with E-state index in [1.54, 1.807) is 0 Å². The third-order valence-electron chi connectivity index (χ3n) is 3.48. The number of cyclic esters (lactones) is 1. The van der Waals surface area contributed by atoms with Crippen LogP contribution in [0.15, 0.2) is 18.2 Å². The number of nitrogens with one attached hydrogen (secondary N) is 1. The van der Waals surface area contributed by atoms with Crippen molar-refractivity contribution in [3.05, 3.63) is 28.8 Å². The van der Waals surface area contributed by atoms with Crippen LogP contribution >= 0.6 is 11.6 Å². The van der Waals surface area contributed by atoms with Gasteiger partial charge in [-0.2, -0.15) is 13.2 Å². The van der Waals surface area contributed by atoms with Crippen molar-refractivity contribution in [3.63, 3.8) is 0 Å². The normalized spacial score (nSPS) is 24.3. The molecule has 0 spiro atoms. The van der Waals surface area contributed by atoms with Crippen LogP contribution < -0.4 is 5.32 Å². The zero-order valence-electron chi connectivity index (χ0n) is 11.3. The molecular weight excluding hydrogens is 319 g/mol. The summed E-state index contributed by atoms with van der Waals surface area (Å²) in [7, 11) is 0. The van der Waals surface area contributed by atoms with Crippen molar-refractivity contribution < 1.29 is 22.7 Å². The van der Waals surface area contributed by atoms with E-state index >= 15 is 0 Å². The largest absolute Gasteiger partial charge is 0.445 e. The molecule has 116 valence electrons. The minimum absolute atomic E-state index is 0.0724. The molecule has 1 heterocycles. The lowest BCUT2D eigenvalue weighted by Crippen LogP contribution is -2.45. The maximum absolute atomic E-state index is 13.8. The summed E-state index contributed by atoms with van der Waals surface area (Å²) in [6, 6.07) is 3.97. The van der Waals surface area contributed by atoms with Gasteiger partial charge in [0.25, 0.3) is 5.60 Å². The fraction of sp³-hybridized carbons (Fsp3) is 0.400. The second-order valence-electron chi connectivity index (χ2n) is 5.24. The first-order valence-corrected chi connectivity index (χ1v) is 7.05. The molecule has 3 nitrogen and oxygen atoms in total. The molecule has 1 fully saturated rings. The molecule has 3 rings (SSSR count). The number of fused-ring (bicyclic) bond motifs is 1. The number of rotatable bonds is 0. The van der Waals surface area contributed by atoms with Gasteiger partial charge in [0.05, 0.1) is 0 Å². The lowest BCUT2D eigenvalue weighted by Gasteiger charge is -2.30. The first-order chi connectivity index (χ1) is 10.3. The number of esters is 1. The topological polar surface area (TPSA) is 38.3 Å². The van der Waals surface area contributed by atoms with E-state index < -0.39 is 17.7 Å². The number of alkyl halides is 3. The highest BCUT2D eigenvalue weighted by Crippen LogP contribution is 2.47. The van der Waals surface area contributed by atoms with Crippen molar-refractivity contribution in [1.82, 2.24) is 0 Å². The molecule has 1 aliphatic heterocycles. The molecule has 1 aliphatic carbocycles. The number of carbonyl (C=O) groups is 1. The minimum Gasteiger partial charge on any atom is -0.430 e. The molecule has 0 saturated heterocycles. The number of ether oxygens (including phenoxy) is 1. The molecule has 2 aliphatic rings. The van der Waals surface area contributed by atoms with Crippen molar-refractivity contribution in [2.24, 2.45) is 5.92 Å². The monoisotopic (exact) mass is 329 g/mol. The van der Waals surface area contributed by atoms with E-state index in [2.05, 4.69) is 17.2 Å². The second kappa shape index (κ2) is 5.10. The van der Waals surface area contributed by atoms with Crippen LogP contribution in [0.5, 0.6) is 0 Å². The molecule has 0 aromatic heterocycles. The van der Waals surface area contributed by atoms with Crippen LogP contribution in [0, 0.1) is 17.8 Å². The van der Waals surface area contributed by atoms with Gasteiger partial charge >= 0.3 is 12.1 Å². The van der Waals surface area contributed by atoms with Crippen LogP contribution in [0.25, 0.3) is 0 Å². The predicted octanol–water partition coefficient (Wildman–Crippen LogP) is 3.48. The maximum Gasteiger partial charge on any atom is 0.445 e. The number of hydrogen-bond donors (Lipinski definition) is 1. The minimum atomic E-state index is -4.88. The van der Waals surface area contributed by atoms with E-state index in [-0.39, 0.29) is 28.7 Å². The first kappa shape index (κ1) is 15.0. The SMILES string of the molecule is O=C1CNc2ccc(Cl)cc2C(C#CC2CC2)(C(F)(F)F)O1. The van der Waals surface area contributed by atoms with Gasteiger partial charge in [0.2, 0.25) is 0 Å². The highest BCUT2D eigenvalue weighted by molar-refractivity contribution is 6.30. The van der Waals surface area contributed by atoms with Crippen molar-refractivity contribution in [2.45, 2.75) is 24.6 Å². The van der Waals surface area contributed by atoms with Crippen molar-refractivity contribution >= 4 is 23.3 Å². The van der Waals surface area contributed by atoms with E-state index in [0.29, 0.717) is 0 Å². The molecule has 0 bridgehead atoms. The number of anilines is 1. The fourth-order valence-corrected chi connectivity index (χ4v) is 2.37. The Kier molecular flexibility index (Phi) is 3.48. The Bertz CT molecular complexity index is 688. The Hall–Kier alpha value is -1.87. The summed E-state index contributed by atoms with van der Waals surface area (Å²) in [4.78, 5) is 11.7. The summed E-state index contributed by atoms with van der Waals surface area (Å²) in [5, 5.41) is 2.74. The Labute approximate surface area is 129 Å². The summed E-state index contributed by atoms with van der Waals surface area (Å²) in [6.07, 6.45) is -3.36. The van der Waals surface area contributed by atoms with Gasteiger partial charge in [-0.05, 0) is 37.0 Å². The zero-order chi connectivity index (χ0) is 16.0. The van der Waals surface area contributed by atoms with Crippen LogP contribution in [0.3, 0.4) is 0 Å². The van der Waals surface area contributed by atoms with E-state index in [0.717, 1.165) is 18.9 Å². The summed E-state index contributed by atoms with van der Waals surface area (Å²) in [5.74, 6) is 3.65. The average molecular weight is 330 g/mol. The molecule has 1 aromatic rings. The number of carbonyl (C=O) groups excluding carboxylic acids is 1. The smallest absolute Gasteiger partial charge is 0.430 e. The molecule has 0 amide bonds. The summed E-state index contributed by atoms with van der Waals surface area (Å²) >= 11 is 5.83. The van der Waals surface area contributed by atoms with Gasteiger partial charge < -0.3 is 10.1 Å². The van der Waals surface area contributed by atoms with Crippen LogP contribution in [-0.4, -0.2) is 18.7 Å². The number of halogens is 4. The van der Waals surface area contributed by atoms with Gasteiger partial charge in [0, 0.05) is 22.2 Å². The first-order valence-electron chi connectivity index (χ1n) is 6.67. The molecular formula is C15H11ClF3NO2. The average Bonchev–Trinajstić information content (AvgIpc) is 3.24. The van der Waals surface area contributed by atoms with Crippen LogP contribution in [-0.2, 0) is 15.1 Å². The number of benzene rings is 1. The highest BCUT2D eigenvalue weighted by Gasteiger charge is 2.61. The second-order valence-corrected chi connectivity index (χ2v) is 5.68. The van der Waals surface area contributed by atoms with Crippen LogP contribution in [0.4, 0.5) is 18.9 Å². The van der Waals surface area contributed by atoms with Gasteiger partial charge in [-0.25, -0.2) is 0 Å². The summed E-state index contributed by atoms with van der Waals surface area (Å²) in [5.41, 5.74) is -3.14. The molecule has 22 heavy (non-hydrogen) atoms. The van der Waals surface area contributed by atoms with E-state index in [1.807, 2.05) is 0 Å². The van der Waals surface area contributed by atoms with Crippen molar-refractivity contribution in [3.8, 4) is 11.8 Å². The molecule has 1 N–H and O–H groups in total. The Morgan fingerprint density at radius 2 is 2.09 bits per heavy atom. The lowest BCUT2D eigenvalue weighted by molar-refractivity contribution is -0.252. The van der Waals surface area contributed by atoms with E-state index in [1.165, 1.54) is 12.1 Å². The standard InChI is InChI=1S/C15H11ClF3NO2/c16-10-3-4-12-11(7-10)14(15(17,18)19,6-5-9-1-2-9)22-13(21)8-20-12/h3-4,7,9,20H,1-2,8H2. The zero-order valence-corrected chi connectivity index (χ0v) is 12.0. The van der Waals surface area contributed by atoms with Crippen LogP contribution in [0.2, 0.25) is 5.02 Å². The Morgan fingerprint density at radius 3 is 2.73 bits per heavy atom. The molecule has 0 radical (unpaired) electrons. The molecule has 7 heteroatoms. The van der Waals surface area contributed by atoms with Gasteiger partial charge in [0.1, 0.15) is 6.54 Å². The van der Waals surface area contributed by atoms with Crippen molar-refractivity contribution in [2.75, 3.05) is 11.9 Å². The van der Waals surface area contributed by atoms with Gasteiger partial charge in [0.15, 0.2) is 0 Å². The highest BCUT2D eigenvalue weighted by atomic mass is 35.5. The van der Waals surface area contributed by atoms with Gasteiger partial charge in [-0.15, -0.1) is 0 Å². The predicted molar refractivity (Wildman–Crippen MR) is 74.3 cm³/mol.